The predicted molar refractivity (Wildman–Crippen MR) is 40.0 cm³/mol. The molecule has 0 amide bonds. The predicted octanol–water partition coefficient (Wildman–Crippen LogP) is 1.72. The van der Waals surface area contributed by atoms with Crippen LogP contribution >= 0.6 is 0 Å². The third-order valence-electron chi connectivity index (χ3n) is 1.08. The van der Waals surface area contributed by atoms with Gasteiger partial charge in [0.25, 0.3) is 0 Å². The molecule has 11 heavy (non-hydrogen) atoms. The van der Waals surface area contributed by atoms with Crippen LogP contribution in [-0.2, 0) is 4.79 Å². The van der Waals surface area contributed by atoms with Gasteiger partial charge in [-0.2, -0.15) is 0 Å². The number of azide groups is 1. The van der Waals surface area contributed by atoms with Crippen LogP contribution in [0.15, 0.2) is 16.8 Å². The third kappa shape index (κ3) is 4.99. The molecule has 0 aromatic carbocycles. The summed E-state index contributed by atoms with van der Waals surface area (Å²) < 4.78 is 0. The number of nitrogens with zero attached hydrogens (tertiary/aromatic N) is 3. The highest BCUT2D eigenvalue weighted by Crippen LogP contribution is 1.95. The van der Waals surface area contributed by atoms with Crippen molar-refractivity contribution in [2.45, 2.75) is 13.3 Å². The van der Waals surface area contributed by atoms with E-state index in [-0.39, 0.29) is 5.57 Å². The van der Waals surface area contributed by atoms with Crippen LogP contribution in [-0.4, -0.2) is 17.6 Å². The van der Waals surface area contributed by atoms with Gasteiger partial charge in [0.1, 0.15) is 0 Å². The smallest absolute Gasteiger partial charge is 0.330 e. The fourth-order valence-electron chi connectivity index (χ4n) is 0.471. The molecule has 0 unspecified atom stereocenters. The summed E-state index contributed by atoms with van der Waals surface area (Å²) in [6.45, 7) is 1.81. The molecule has 0 radical (unpaired) electrons. The van der Waals surface area contributed by atoms with Gasteiger partial charge in [0.15, 0.2) is 0 Å². The molecule has 5 heteroatoms. The highest BCUT2D eigenvalue weighted by atomic mass is 16.4. The van der Waals surface area contributed by atoms with Gasteiger partial charge in [0, 0.05) is 17.0 Å². The van der Waals surface area contributed by atoms with Crippen molar-refractivity contribution in [2.75, 3.05) is 6.54 Å². The average molecular weight is 155 g/mol. The second-order valence-electron chi connectivity index (χ2n) is 1.94. The largest absolute Gasteiger partial charge is 0.478 e. The SMILES string of the molecule is CC(=CCCN=[N+]=[N-])C(=O)O. The van der Waals surface area contributed by atoms with Gasteiger partial charge >= 0.3 is 5.97 Å². The summed E-state index contributed by atoms with van der Waals surface area (Å²) in [4.78, 5) is 12.7. The second-order valence-corrected chi connectivity index (χ2v) is 1.94. The van der Waals surface area contributed by atoms with Crippen LogP contribution in [0.2, 0.25) is 0 Å². The zero-order chi connectivity index (χ0) is 8.69. The van der Waals surface area contributed by atoms with Gasteiger partial charge in [-0.05, 0) is 18.9 Å². The zero-order valence-corrected chi connectivity index (χ0v) is 6.19. The van der Waals surface area contributed by atoms with Gasteiger partial charge < -0.3 is 5.11 Å². The van der Waals surface area contributed by atoms with E-state index in [1.54, 1.807) is 0 Å². The number of hydrogen-bond donors (Lipinski definition) is 1. The Morgan fingerprint density at radius 1 is 1.82 bits per heavy atom. The van der Waals surface area contributed by atoms with Crippen LogP contribution in [0, 0.1) is 0 Å². The van der Waals surface area contributed by atoms with Gasteiger partial charge in [-0.15, -0.1) is 0 Å². The Morgan fingerprint density at radius 2 is 2.45 bits per heavy atom. The van der Waals surface area contributed by atoms with Crippen molar-refractivity contribution in [2.24, 2.45) is 5.11 Å². The van der Waals surface area contributed by atoms with Gasteiger partial charge in [0.2, 0.25) is 0 Å². The van der Waals surface area contributed by atoms with Crippen molar-refractivity contribution in [3.05, 3.63) is 22.1 Å². The van der Waals surface area contributed by atoms with E-state index in [0.717, 1.165) is 0 Å². The van der Waals surface area contributed by atoms with Crippen LogP contribution in [0.4, 0.5) is 0 Å². The first-order valence-electron chi connectivity index (χ1n) is 3.09. The Balaban J connectivity index is 3.73. The van der Waals surface area contributed by atoms with E-state index in [2.05, 4.69) is 10.0 Å². The summed E-state index contributed by atoms with van der Waals surface area (Å²) in [7, 11) is 0. The molecule has 0 aromatic heterocycles. The lowest BCUT2D eigenvalue weighted by molar-refractivity contribution is -0.132. The van der Waals surface area contributed by atoms with Gasteiger partial charge in [-0.1, -0.05) is 11.2 Å². The van der Waals surface area contributed by atoms with Gasteiger partial charge in [-0.25, -0.2) is 4.79 Å². The molecular formula is C6H9N3O2. The topological polar surface area (TPSA) is 86.1 Å². The van der Waals surface area contributed by atoms with Crippen LogP contribution in [0.3, 0.4) is 0 Å². The number of carboxylic acid groups (broad SMARTS) is 1. The molecule has 0 saturated carbocycles. The molecule has 60 valence electrons. The molecule has 0 aliphatic rings. The number of carboxylic acids is 1. The molecule has 0 atom stereocenters. The minimum atomic E-state index is -0.939. The van der Waals surface area contributed by atoms with Crippen molar-refractivity contribution < 1.29 is 9.90 Å². The minimum Gasteiger partial charge on any atom is -0.478 e. The summed E-state index contributed by atoms with van der Waals surface area (Å²) in [5.41, 5.74) is 8.14. The fourth-order valence-corrected chi connectivity index (χ4v) is 0.471. The fraction of sp³-hybridized carbons (Fsp3) is 0.500. The van der Waals surface area contributed by atoms with Crippen molar-refractivity contribution in [1.29, 1.82) is 0 Å². The maximum atomic E-state index is 10.2. The van der Waals surface area contributed by atoms with Crippen molar-refractivity contribution in [1.82, 2.24) is 0 Å². The summed E-state index contributed by atoms with van der Waals surface area (Å²) in [6.07, 6.45) is 2.00. The minimum absolute atomic E-state index is 0.276. The number of carbonyl (C=O) groups is 1. The average Bonchev–Trinajstić information content (AvgIpc) is 1.97. The molecule has 0 spiro atoms. The van der Waals surface area contributed by atoms with Gasteiger partial charge in [0.05, 0.1) is 0 Å². The molecule has 0 aromatic rings. The maximum absolute atomic E-state index is 10.2. The van der Waals surface area contributed by atoms with E-state index in [9.17, 15) is 4.79 Å². The van der Waals surface area contributed by atoms with E-state index in [4.69, 9.17) is 10.6 Å². The normalized spacial score (nSPS) is 10.5. The first kappa shape index (κ1) is 9.52. The molecule has 0 aliphatic carbocycles. The summed E-state index contributed by atoms with van der Waals surface area (Å²) in [6, 6.07) is 0. The summed E-state index contributed by atoms with van der Waals surface area (Å²) in [5.74, 6) is -0.939. The highest BCUT2D eigenvalue weighted by molar-refractivity contribution is 5.85. The van der Waals surface area contributed by atoms with Crippen molar-refractivity contribution >= 4 is 5.97 Å². The lowest BCUT2D eigenvalue weighted by atomic mass is 10.2. The molecule has 1 N–H and O–H groups in total. The Labute approximate surface area is 64.0 Å². The number of aliphatic carboxylic acids is 1. The number of hydrogen-bond acceptors (Lipinski definition) is 2. The maximum Gasteiger partial charge on any atom is 0.330 e. The number of rotatable bonds is 4. The van der Waals surface area contributed by atoms with Crippen LogP contribution in [0.5, 0.6) is 0 Å². The lowest BCUT2D eigenvalue weighted by Crippen LogP contribution is -1.95. The summed E-state index contributed by atoms with van der Waals surface area (Å²) in [5, 5.41) is 11.6. The van der Waals surface area contributed by atoms with E-state index < -0.39 is 5.97 Å². The molecule has 0 bridgehead atoms. The lowest BCUT2D eigenvalue weighted by Gasteiger charge is -1.89. The van der Waals surface area contributed by atoms with Gasteiger partial charge in [-0.3, -0.25) is 0 Å². The Kier molecular flexibility index (Phi) is 4.60. The van der Waals surface area contributed by atoms with E-state index in [1.165, 1.54) is 13.0 Å². The summed E-state index contributed by atoms with van der Waals surface area (Å²) >= 11 is 0. The van der Waals surface area contributed by atoms with E-state index in [1.807, 2.05) is 0 Å². The van der Waals surface area contributed by atoms with E-state index >= 15 is 0 Å². The first-order valence-corrected chi connectivity index (χ1v) is 3.09. The zero-order valence-electron chi connectivity index (χ0n) is 6.19. The molecule has 0 heterocycles. The monoisotopic (exact) mass is 155 g/mol. The quantitative estimate of drug-likeness (QED) is 0.220. The molecule has 0 saturated heterocycles. The molecular weight excluding hydrogens is 146 g/mol. The second kappa shape index (κ2) is 5.32. The molecule has 5 nitrogen and oxygen atoms in total. The third-order valence-corrected chi connectivity index (χ3v) is 1.08. The Morgan fingerprint density at radius 3 is 2.91 bits per heavy atom. The van der Waals surface area contributed by atoms with Crippen molar-refractivity contribution in [3.8, 4) is 0 Å². The molecule has 0 aliphatic heterocycles. The van der Waals surface area contributed by atoms with Crippen LogP contribution in [0.25, 0.3) is 10.4 Å². The van der Waals surface area contributed by atoms with E-state index in [0.29, 0.717) is 13.0 Å². The highest BCUT2D eigenvalue weighted by Gasteiger charge is 1.96. The van der Waals surface area contributed by atoms with Crippen LogP contribution < -0.4 is 0 Å². The van der Waals surface area contributed by atoms with Crippen molar-refractivity contribution in [3.63, 3.8) is 0 Å². The Bertz CT molecular complexity index is 216. The Hall–Kier alpha value is -1.48. The molecule has 0 fully saturated rings. The molecule has 0 rings (SSSR count). The van der Waals surface area contributed by atoms with Crippen LogP contribution in [0.1, 0.15) is 13.3 Å². The first-order chi connectivity index (χ1) is 5.18. The standard InChI is InChI=1S/C6H9N3O2/c1-5(6(10)11)3-2-4-8-9-7/h3H,2,4H2,1H3,(H,10,11).